The van der Waals surface area contributed by atoms with Crippen LogP contribution < -0.4 is 19.6 Å². The van der Waals surface area contributed by atoms with Crippen LogP contribution >= 0.6 is 15.9 Å². The first kappa shape index (κ1) is 28.1. The Kier molecular flexibility index (Phi) is 9.71. The first-order valence-corrected chi connectivity index (χ1v) is 12.2. The average molecular weight is 587 g/mol. The molecule has 0 bridgehead atoms. The Morgan fingerprint density at radius 2 is 1.68 bits per heavy atom. The highest BCUT2D eigenvalue weighted by molar-refractivity contribution is 9.10. The van der Waals surface area contributed by atoms with Gasteiger partial charge in [0.15, 0.2) is 11.5 Å². The van der Waals surface area contributed by atoms with E-state index in [9.17, 15) is 25.0 Å². The van der Waals surface area contributed by atoms with E-state index in [1.54, 1.807) is 30.3 Å². The number of benzene rings is 3. The second-order valence-electron chi connectivity index (χ2n) is 7.60. The van der Waals surface area contributed by atoms with E-state index < -0.39 is 27.1 Å². The number of nitro benzene ring substituents is 2. The van der Waals surface area contributed by atoms with Crippen molar-refractivity contribution in [3.63, 3.8) is 0 Å². The van der Waals surface area contributed by atoms with Gasteiger partial charge in [-0.15, -0.1) is 0 Å². The third kappa shape index (κ3) is 7.26. The first-order valence-electron chi connectivity index (χ1n) is 11.4. The van der Waals surface area contributed by atoms with Gasteiger partial charge in [0.05, 0.1) is 39.8 Å². The number of nitro groups is 2. The fraction of sp³-hybridized carbons (Fsp3) is 0.200. The molecule has 0 spiro atoms. The summed E-state index contributed by atoms with van der Waals surface area (Å²) in [7, 11) is 0. The summed E-state index contributed by atoms with van der Waals surface area (Å²) in [6.07, 6.45) is 2.24. The van der Waals surface area contributed by atoms with Crippen molar-refractivity contribution in [1.82, 2.24) is 5.43 Å². The Morgan fingerprint density at radius 1 is 0.947 bits per heavy atom. The maximum absolute atomic E-state index is 12.5. The van der Waals surface area contributed by atoms with Crippen molar-refractivity contribution in [2.24, 2.45) is 5.10 Å². The molecule has 0 aliphatic heterocycles. The minimum absolute atomic E-state index is 0.160. The zero-order valence-electron chi connectivity index (χ0n) is 20.4. The highest BCUT2D eigenvalue weighted by Crippen LogP contribution is 2.37. The standard InChI is InChI=1S/C25H23BrN4O8/c1-3-11-37-23-9-6-17(13-24(23)36-4-2)25(31)28-27-15-16-5-8-21(19(26)12-16)38-22-10-7-18(29(32)33)14-20(22)30(34)35/h5-10,12-15H,3-4,11H2,1-2H3,(H,28,31)/b27-15+. The average Bonchev–Trinajstić information content (AvgIpc) is 2.89. The van der Waals surface area contributed by atoms with Crippen molar-refractivity contribution < 1.29 is 28.9 Å². The number of halogens is 1. The van der Waals surface area contributed by atoms with E-state index in [0.29, 0.717) is 40.3 Å². The Bertz CT molecular complexity index is 1380. The molecule has 0 heterocycles. The van der Waals surface area contributed by atoms with Gasteiger partial charge in [-0.25, -0.2) is 5.43 Å². The minimum Gasteiger partial charge on any atom is -0.490 e. The molecule has 198 valence electrons. The maximum atomic E-state index is 12.5. The van der Waals surface area contributed by atoms with E-state index in [0.717, 1.165) is 24.6 Å². The molecule has 0 saturated heterocycles. The number of amides is 1. The summed E-state index contributed by atoms with van der Waals surface area (Å²) in [5.41, 5.74) is 2.40. The lowest BCUT2D eigenvalue weighted by atomic mass is 10.2. The van der Waals surface area contributed by atoms with E-state index in [4.69, 9.17) is 14.2 Å². The first-order chi connectivity index (χ1) is 18.2. The zero-order chi connectivity index (χ0) is 27.7. The van der Waals surface area contributed by atoms with Crippen molar-refractivity contribution in [2.45, 2.75) is 20.3 Å². The lowest BCUT2D eigenvalue weighted by Gasteiger charge is -2.12. The van der Waals surface area contributed by atoms with Crippen LogP contribution in [0.4, 0.5) is 11.4 Å². The molecule has 0 radical (unpaired) electrons. The largest absolute Gasteiger partial charge is 0.490 e. The number of nitrogens with one attached hydrogen (secondary N) is 1. The number of carbonyl (C=O) groups excluding carboxylic acids is 1. The summed E-state index contributed by atoms with van der Waals surface area (Å²) in [5, 5.41) is 26.2. The number of ether oxygens (including phenoxy) is 3. The van der Waals surface area contributed by atoms with Gasteiger partial charge in [0, 0.05) is 11.6 Å². The lowest BCUT2D eigenvalue weighted by Crippen LogP contribution is -2.17. The molecule has 3 aromatic carbocycles. The smallest absolute Gasteiger partial charge is 0.318 e. The third-order valence-electron chi connectivity index (χ3n) is 4.87. The van der Waals surface area contributed by atoms with Gasteiger partial charge in [0.1, 0.15) is 5.75 Å². The number of nitrogens with zero attached hydrogens (tertiary/aromatic N) is 3. The van der Waals surface area contributed by atoms with Gasteiger partial charge in [-0.05, 0) is 77.3 Å². The molecule has 0 saturated carbocycles. The SMILES string of the molecule is CCCOc1ccc(C(=O)N/N=C/c2ccc(Oc3ccc([N+](=O)[O-])cc3[N+](=O)[O-])c(Br)c2)cc1OCC. The molecule has 0 atom stereocenters. The molecular formula is C25H23BrN4O8. The van der Waals surface area contributed by atoms with Crippen LogP contribution in [0.25, 0.3) is 0 Å². The summed E-state index contributed by atoms with van der Waals surface area (Å²) < 4.78 is 17.3. The number of hydrogen-bond acceptors (Lipinski definition) is 9. The molecule has 0 aromatic heterocycles. The molecule has 12 nitrogen and oxygen atoms in total. The van der Waals surface area contributed by atoms with E-state index in [2.05, 4.69) is 26.5 Å². The Labute approximate surface area is 225 Å². The monoisotopic (exact) mass is 586 g/mol. The normalized spacial score (nSPS) is 10.7. The van der Waals surface area contributed by atoms with Gasteiger partial charge in [0.25, 0.3) is 11.6 Å². The minimum atomic E-state index is -0.761. The van der Waals surface area contributed by atoms with Gasteiger partial charge < -0.3 is 14.2 Å². The number of non-ortho nitro benzene ring substituents is 1. The highest BCUT2D eigenvalue weighted by Gasteiger charge is 2.22. The number of carbonyl (C=O) groups is 1. The van der Waals surface area contributed by atoms with E-state index in [1.165, 1.54) is 12.3 Å². The van der Waals surface area contributed by atoms with Crippen LogP contribution in [0.3, 0.4) is 0 Å². The molecule has 0 fully saturated rings. The second kappa shape index (κ2) is 13.1. The van der Waals surface area contributed by atoms with Crippen molar-refractivity contribution >= 4 is 39.4 Å². The lowest BCUT2D eigenvalue weighted by molar-refractivity contribution is -0.394. The summed E-state index contributed by atoms with van der Waals surface area (Å²) in [6, 6.07) is 12.7. The van der Waals surface area contributed by atoms with Crippen molar-refractivity contribution in [1.29, 1.82) is 0 Å². The van der Waals surface area contributed by atoms with Gasteiger partial charge in [-0.3, -0.25) is 25.0 Å². The van der Waals surface area contributed by atoms with Crippen molar-refractivity contribution in [2.75, 3.05) is 13.2 Å². The second-order valence-corrected chi connectivity index (χ2v) is 8.45. The van der Waals surface area contributed by atoms with Crippen LogP contribution in [-0.4, -0.2) is 35.2 Å². The van der Waals surface area contributed by atoms with Crippen molar-refractivity contribution in [3.05, 3.63) is 90.4 Å². The Hall–Kier alpha value is -4.52. The molecule has 13 heteroatoms. The predicted molar refractivity (Wildman–Crippen MR) is 142 cm³/mol. The summed E-state index contributed by atoms with van der Waals surface area (Å²) in [5.74, 6) is 0.642. The van der Waals surface area contributed by atoms with Crippen LogP contribution in [-0.2, 0) is 0 Å². The predicted octanol–water partition coefficient (Wildman–Crippen LogP) is 6.01. The molecule has 0 unspecified atom stereocenters. The Morgan fingerprint density at radius 3 is 2.34 bits per heavy atom. The van der Waals surface area contributed by atoms with Crippen LogP contribution in [0, 0.1) is 20.2 Å². The Balaban J connectivity index is 1.69. The fourth-order valence-corrected chi connectivity index (χ4v) is 3.60. The fourth-order valence-electron chi connectivity index (χ4n) is 3.13. The van der Waals surface area contributed by atoms with E-state index in [-0.39, 0.29) is 11.5 Å². The topological polar surface area (TPSA) is 155 Å². The van der Waals surface area contributed by atoms with E-state index >= 15 is 0 Å². The van der Waals surface area contributed by atoms with Crippen LogP contribution in [0.2, 0.25) is 0 Å². The van der Waals surface area contributed by atoms with Gasteiger partial charge in [0.2, 0.25) is 5.75 Å². The zero-order valence-corrected chi connectivity index (χ0v) is 22.0. The summed E-state index contributed by atoms with van der Waals surface area (Å²) >= 11 is 3.33. The van der Waals surface area contributed by atoms with Crippen LogP contribution in [0.1, 0.15) is 36.2 Å². The molecule has 38 heavy (non-hydrogen) atoms. The number of hydrogen-bond donors (Lipinski definition) is 1. The van der Waals surface area contributed by atoms with Gasteiger partial charge in [-0.1, -0.05) is 6.92 Å². The van der Waals surface area contributed by atoms with Crippen molar-refractivity contribution in [3.8, 4) is 23.0 Å². The third-order valence-corrected chi connectivity index (χ3v) is 5.49. The number of rotatable bonds is 12. The van der Waals surface area contributed by atoms with Crippen LogP contribution in [0.15, 0.2) is 64.2 Å². The van der Waals surface area contributed by atoms with E-state index in [1.807, 2.05) is 13.8 Å². The molecule has 1 N–H and O–H groups in total. The molecular weight excluding hydrogens is 564 g/mol. The summed E-state index contributed by atoms with van der Waals surface area (Å²) in [6.45, 7) is 4.77. The molecule has 0 aliphatic carbocycles. The molecule has 3 rings (SSSR count). The number of hydrazone groups is 1. The maximum Gasteiger partial charge on any atom is 0.318 e. The molecule has 3 aromatic rings. The molecule has 1 amide bonds. The van der Waals surface area contributed by atoms with Gasteiger partial charge in [-0.2, -0.15) is 5.10 Å². The quantitative estimate of drug-likeness (QED) is 0.153. The highest BCUT2D eigenvalue weighted by atomic mass is 79.9. The van der Waals surface area contributed by atoms with Gasteiger partial charge >= 0.3 is 5.69 Å². The summed E-state index contributed by atoms with van der Waals surface area (Å²) in [4.78, 5) is 33.3. The molecule has 0 aliphatic rings. The van der Waals surface area contributed by atoms with Crippen LogP contribution in [0.5, 0.6) is 23.0 Å².